The second-order valence-electron chi connectivity index (χ2n) is 3.14. The molecule has 0 amide bonds. The summed E-state index contributed by atoms with van der Waals surface area (Å²) in [6, 6.07) is 0. The zero-order valence-electron chi connectivity index (χ0n) is 5.46. The fourth-order valence-electron chi connectivity index (χ4n) is 2.16. The van der Waals surface area contributed by atoms with Crippen LogP contribution >= 0.6 is 0 Å². The summed E-state index contributed by atoms with van der Waals surface area (Å²) in [5.41, 5.74) is 0. The third-order valence-corrected chi connectivity index (χ3v) is 2.75. The Morgan fingerprint density at radius 3 is 2.00 bits per heavy atom. The van der Waals surface area contributed by atoms with E-state index in [0.29, 0.717) is 12.5 Å². The molecule has 1 nitrogen and oxygen atoms in total. The molecular weight excluding hydrogens is 112 g/mol. The van der Waals surface area contributed by atoms with Gasteiger partial charge in [0.2, 0.25) is 0 Å². The molecule has 50 valence electrons. The molecule has 2 rings (SSSR count). The van der Waals surface area contributed by atoms with Crippen molar-refractivity contribution in [3.8, 4) is 0 Å². The number of hydrogen-bond acceptors (Lipinski definition) is 1. The van der Waals surface area contributed by atoms with Crippen molar-refractivity contribution >= 4 is 0 Å². The molecule has 2 aliphatic carbocycles. The molecule has 0 aromatic rings. The Labute approximate surface area is 55.4 Å². The van der Waals surface area contributed by atoms with Crippen molar-refractivity contribution in [1.29, 1.82) is 0 Å². The molecule has 0 aliphatic heterocycles. The first kappa shape index (κ1) is 5.48. The average Bonchev–Trinajstić information content (AvgIpc) is 2.44. The van der Waals surface area contributed by atoms with E-state index >= 15 is 0 Å². The van der Waals surface area contributed by atoms with Crippen LogP contribution in [-0.4, -0.2) is 11.7 Å². The maximum atomic E-state index is 8.91. The number of aliphatic hydroxyl groups is 1. The number of hydrogen-bond donors (Lipinski definition) is 1. The first-order valence-electron chi connectivity index (χ1n) is 3.71. The minimum Gasteiger partial charge on any atom is -0.396 e. The second-order valence-corrected chi connectivity index (χ2v) is 3.14. The van der Waals surface area contributed by atoms with Gasteiger partial charge in [0, 0.05) is 6.61 Å². The Morgan fingerprint density at radius 1 is 1.22 bits per heavy atom. The fourth-order valence-corrected chi connectivity index (χ4v) is 2.16. The van der Waals surface area contributed by atoms with Crippen molar-refractivity contribution < 1.29 is 5.11 Å². The first-order chi connectivity index (χ1) is 4.42. The van der Waals surface area contributed by atoms with E-state index in [2.05, 4.69) is 12.2 Å². The van der Waals surface area contributed by atoms with Gasteiger partial charge in [-0.3, -0.25) is 0 Å². The van der Waals surface area contributed by atoms with E-state index in [1.165, 1.54) is 12.8 Å². The minimum atomic E-state index is 0.391. The molecule has 1 unspecified atom stereocenters. The highest BCUT2D eigenvalue weighted by atomic mass is 16.3. The summed E-state index contributed by atoms with van der Waals surface area (Å²) in [6.07, 6.45) is 7.17. The van der Waals surface area contributed by atoms with E-state index in [1.54, 1.807) is 0 Å². The molecule has 1 heteroatoms. The Kier molecular flexibility index (Phi) is 1.12. The minimum absolute atomic E-state index is 0.391. The van der Waals surface area contributed by atoms with Crippen LogP contribution in [0.2, 0.25) is 0 Å². The van der Waals surface area contributed by atoms with E-state index in [-0.39, 0.29) is 0 Å². The number of fused-ring (bicyclic) bond motifs is 2. The number of aliphatic hydroxyl groups excluding tert-OH is 1. The quantitative estimate of drug-likeness (QED) is 0.520. The highest BCUT2D eigenvalue weighted by Crippen LogP contribution is 2.43. The molecule has 9 heavy (non-hydrogen) atoms. The summed E-state index contributed by atoms with van der Waals surface area (Å²) in [6.45, 7) is 0.391. The van der Waals surface area contributed by atoms with Gasteiger partial charge >= 0.3 is 0 Å². The van der Waals surface area contributed by atoms with Gasteiger partial charge in [-0.2, -0.15) is 0 Å². The van der Waals surface area contributed by atoms with Crippen LogP contribution in [0, 0.1) is 17.8 Å². The smallest absolute Gasteiger partial charge is 0.0470 e. The van der Waals surface area contributed by atoms with Crippen molar-refractivity contribution in [2.24, 2.45) is 17.8 Å². The molecule has 0 aromatic carbocycles. The van der Waals surface area contributed by atoms with E-state index in [0.717, 1.165) is 11.8 Å². The predicted octanol–water partition coefficient (Wildman–Crippen LogP) is 1.19. The lowest BCUT2D eigenvalue weighted by atomic mass is 9.98. The lowest BCUT2D eigenvalue weighted by Gasteiger charge is -2.09. The summed E-state index contributed by atoms with van der Waals surface area (Å²) in [5.74, 6) is 2.03. The van der Waals surface area contributed by atoms with Crippen LogP contribution in [0.4, 0.5) is 0 Å². The highest BCUT2D eigenvalue weighted by molar-refractivity contribution is 5.11. The first-order valence-corrected chi connectivity index (χ1v) is 3.71. The molecule has 2 aliphatic rings. The standard InChI is InChI=1S/C8H12O/c9-5-8-6-1-2-7(8)4-3-6/h1-2,6-9H,3-5H2/t6-,7+,8?. The zero-order chi connectivity index (χ0) is 6.27. The molecular formula is C8H12O. The maximum absolute atomic E-state index is 8.91. The predicted molar refractivity (Wildman–Crippen MR) is 35.9 cm³/mol. The maximum Gasteiger partial charge on any atom is 0.0470 e. The van der Waals surface area contributed by atoms with Crippen molar-refractivity contribution in [2.45, 2.75) is 12.8 Å². The summed E-state index contributed by atoms with van der Waals surface area (Å²) in [7, 11) is 0. The van der Waals surface area contributed by atoms with Crippen molar-refractivity contribution in [3.63, 3.8) is 0 Å². The average molecular weight is 124 g/mol. The summed E-state index contributed by atoms with van der Waals surface area (Å²) >= 11 is 0. The summed E-state index contributed by atoms with van der Waals surface area (Å²) in [4.78, 5) is 0. The zero-order valence-corrected chi connectivity index (χ0v) is 5.46. The SMILES string of the molecule is OCC1[C@@H]2C=C[C@H]1CC2. The molecule has 1 N–H and O–H groups in total. The van der Waals surface area contributed by atoms with Crippen LogP contribution in [0.15, 0.2) is 12.2 Å². The van der Waals surface area contributed by atoms with E-state index in [9.17, 15) is 0 Å². The van der Waals surface area contributed by atoms with Gasteiger partial charge < -0.3 is 5.11 Å². The van der Waals surface area contributed by atoms with E-state index in [4.69, 9.17) is 5.11 Å². The van der Waals surface area contributed by atoms with Gasteiger partial charge in [0.15, 0.2) is 0 Å². The number of rotatable bonds is 1. The molecule has 3 atom stereocenters. The van der Waals surface area contributed by atoms with Crippen LogP contribution in [0.5, 0.6) is 0 Å². The molecule has 0 radical (unpaired) electrons. The van der Waals surface area contributed by atoms with Gasteiger partial charge in [-0.15, -0.1) is 0 Å². The topological polar surface area (TPSA) is 20.2 Å². The summed E-state index contributed by atoms with van der Waals surface area (Å²) < 4.78 is 0. The Morgan fingerprint density at radius 2 is 1.78 bits per heavy atom. The molecule has 0 heterocycles. The van der Waals surface area contributed by atoms with Crippen LogP contribution in [0.3, 0.4) is 0 Å². The number of allylic oxidation sites excluding steroid dienone is 2. The van der Waals surface area contributed by atoms with Crippen LogP contribution in [-0.2, 0) is 0 Å². The highest BCUT2D eigenvalue weighted by Gasteiger charge is 2.36. The normalized spacial score (nSPS) is 46.6. The van der Waals surface area contributed by atoms with Crippen LogP contribution < -0.4 is 0 Å². The third kappa shape index (κ3) is 0.645. The molecule has 0 saturated heterocycles. The Bertz CT molecular complexity index is 126. The van der Waals surface area contributed by atoms with Crippen molar-refractivity contribution in [3.05, 3.63) is 12.2 Å². The van der Waals surface area contributed by atoms with Gasteiger partial charge in [-0.1, -0.05) is 12.2 Å². The fraction of sp³-hybridized carbons (Fsp3) is 0.750. The lowest BCUT2D eigenvalue weighted by molar-refractivity contribution is 0.199. The largest absolute Gasteiger partial charge is 0.396 e. The van der Waals surface area contributed by atoms with E-state index in [1.807, 2.05) is 0 Å². The van der Waals surface area contributed by atoms with Gasteiger partial charge in [0.25, 0.3) is 0 Å². The Hall–Kier alpha value is -0.300. The third-order valence-electron chi connectivity index (χ3n) is 2.75. The molecule has 0 spiro atoms. The lowest BCUT2D eigenvalue weighted by Crippen LogP contribution is -2.11. The van der Waals surface area contributed by atoms with Gasteiger partial charge in [0.05, 0.1) is 0 Å². The molecule has 1 fully saturated rings. The van der Waals surface area contributed by atoms with Gasteiger partial charge in [0.1, 0.15) is 0 Å². The van der Waals surface area contributed by atoms with Gasteiger partial charge in [-0.05, 0) is 30.6 Å². The van der Waals surface area contributed by atoms with Crippen LogP contribution in [0.1, 0.15) is 12.8 Å². The van der Waals surface area contributed by atoms with Crippen molar-refractivity contribution in [1.82, 2.24) is 0 Å². The van der Waals surface area contributed by atoms with Crippen molar-refractivity contribution in [2.75, 3.05) is 6.61 Å². The second kappa shape index (κ2) is 1.84. The van der Waals surface area contributed by atoms with E-state index < -0.39 is 0 Å². The summed E-state index contributed by atoms with van der Waals surface area (Å²) in [5, 5.41) is 8.91. The Balaban J connectivity index is 2.15. The molecule has 2 bridgehead atoms. The van der Waals surface area contributed by atoms with Crippen LogP contribution in [0.25, 0.3) is 0 Å². The van der Waals surface area contributed by atoms with Gasteiger partial charge in [-0.25, -0.2) is 0 Å². The molecule has 1 saturated carbocycles. The monoisotopic (exact) mass is 124 g/mol. The molecule has 0 aromatic heterocycles.